The van der Waals surface area contributed by atoms with Crippen LogP contribution in [-0.4, -0.2) is 31.4 Å². The Morgan fingerprint density at radius 2 is 1.68 bits per heavy atom. The average molecular weight is 328 g/mol. The van der Waals surface area contributed by atoms with Crippen LogP contribution in [0.1, 0.15) is 44.5 Å². The van der Waals surface area contributed by atoms with Gasteiger partial charge in [0.2, 0.25) is 0 Å². The van der Waals surface area contributed by atoms with Gasteiger partial charge in [-0.2, -0.15) is 0 Å². The number of ether oxygens (including phenoxy) is 2. The summed E-state index contributed by atoms with van der Waals surface area (Å²) in [5.74, 6) is 1.72. The Bertz CT molecular complexity index is 458. The first-order chi connectivity index (χ1) is 9.78. The van der Waals surface area contributed by atoms with E-state index in [1.165, 1.54) is 0 Å². The lowest BCUT2D eigenvalue weighted by atomic mass is 9.86. The lowest BCUT2D eigenvalue weighted by Crippen LogP contribution is -2.13. The van der Waals surface area contributed by atoms with E-state index >= 15 is 0 Å². The lowest BCUT2D eigenvalue weighted by molar-refractivity contribution is 0.107. The number of hydrogen-bond donors (Lipinski definition) is 0. The van der Waals surface area contributed by atoms with Crippen molar-refractivity contribution in [3.05, 3.63) is 23.8 Å². The van der Waals surface area contributed by atoms with E-state index in [1.807, 2.05) is 6.07 Å². The van der Waals surface area contributed by atoms with Crippen LogP contribution in [0.3, 0.4) is 0 Å². The molecule has 0 amide bonds. The molecule has 0 saturated heterocycles. The van der Waals surface area contributed by atoms with Gasteiger partial charge in [-0.05, 0) is 44.6 Å². The maximum absolute atomic E-state index is 12.5. The number of rotatable bonds is 7. The van der Waals surface area contributed by atoms with Crippen molar-refractivity contribution in [2.75, 3.05) is 20.4 Å². The summed E-state index contributed by atoms with van der Waals surface area (Å²) < 4.78 is 10.6. The second-order valence-electron chi connectivity index (χ2n) is 6.62. The first-order valence-corrected chi connectivity index (χ1v) is 8.48. The van der Waals surface area contributed by atoms with Gasteiger partial charge in [0.15, 0.2) is 5.52 Å². The minimum atomic E-state index is 0. The highest BCUT2D eigenvalue weighted by Gasteiger charge is 2.20. The van der Waals surface area contributed by atoms with Crippen LogP contribution >= 0.6 is 8.58 Å². The number of carbonyl (C=O) groups is 1. The average Bonchev–Trinajstić information content (AvgIpc) is 2.41. The molecule has 1 aromatic rings. The van der Waals surface area contributed by atoms with Crippen molar-refractivity contribution in [3.8, 4) is 11.5 Å². The summed E-state index contributed by atoms with van der Waals surface area (Å²) in [6, 6.07) is 5.44. The smallest absolute Gasteiger partial charge is 0.188 e. The van der Waals surface area contributed by atoms with Crippen LogP contribution in [0.2, 0.25) is 0 Å². The molecule has 0 aliphatic heterocycles. The molecule has 2 atom stereocenters. The van der Waals surface area contributed by atoms with E-state index in [-0.39, 0.29) is 19.6 Å². The summed E-state index contributed by atoms with van der Waals surface area (Å²) in [7, 11) is 3.41. The molecule has 126 valence electrons. The number of benzene rings is 1. The maximum atomic E-state index is 12.5. The van der Waals surface area contributed by atoms with E-state index < -0.39 is 0 Å². The molecule has 1 rings (SSSR count). The molecule has 2 N–H and O–H groups in total. The van der Waals surface area contributed by atoms with Gasteiger partial charge in [0.05, 0.1) is 14.2 Å². The first kappa shape index (κ1) is 20.9. The molecule has 0 heterocycles. The van der Waals surface area contributed by atoms with Crippen LogP contribution in [0.25, 0.3) is 0 Å². The van der Waals surface area contributed by atoms with Gasteiger partial charge in [0, 0.05) is 0 Å². The molecule has 0 bridgehead atoms. The zero-order chi connectivity index (χ0) is 16.0. The van der Waals surface area contributed by atoms with E-state index in [9.17, 15) is 4.79 Å². The maximum Gasteiger partial charge on any atom is 0.188 e. The number of methoxy groups -OCH3 is 2. The van der Waals surface area contributed by atoms with Crippen molar-refractivity contribution in [1.82, 2.24) is 0 Å². The summed E-state index contributed by atoms with van der Waals surface area (Å²) >= 11 is 0. The summed E-state index contributed by atoms with van der Waals surface area (Å²) in [6.45, 7) is 8.91. The highest BCUT2D eigenvalue weighted by molar-refractivity contribution is 7.58. The van der Waals surface area contributed by atoms with Crippen LogP contribution in [0.15, 0.2) is 18.2 Å². The SMILES string of the molecule is COc1cccc(OC)c1C(=O)PCC(C)CC(C)(C)C.O. The molecular weight excluding hydrogens is 299 g/mol. The van der Waals surface area contributed by atoms with Crippen molar-refractivity contribution in [2.45, 2.75) is 34.1 Å². The van der Waals surface area contributed by atoms with Crippen LogP contribution in [0.4, 0.5) is 0 Å². The largest absolute Gasteiger partial charge is 0.496 e. The molecule has 0 aliphatic carbocycles. The molecule has 2 unspecified atom stereocenters. The fourth-order valence-corrected chi connectivity index (χ4v) is 3.65. The molecule has 0 saturated carbocycles. The minimum Gasteiger partial charge on any atom is -0.496 e. The molecule has 5 heteroatoms. The van der Waals surface area contributed by atoms with Gasteiger partial charge in [-0.15, -0.1) is 0 Å². The summed E-state index contributed by atoms with van der Waals surface area (Å²) in [6.07, 6.45) is 2.04. The molecule has 0 aromatic heterocycles. The van der Waals surface area contributed by atoms with Crippen molar-refractivity contribution in [1.29, 1.82) is 0 Å². The fraction of sp³-hybridized carbons (Fsp3) is 0.588. The summed E-state index contributed by atoms with van der Waals surface area (Å²) in [5.41, 5.74) is 0.989. The van der Waals surface area contributed by atoms with Gasteiger partial charge in [-0.3, -0.25) is 4.79 Å². The first-order valence-electron chi connectivity index (χ1n) is 7.27. The van der Waals surface area contributed by atoms with E-state index in [0.29, 0.717) is 28.4 Å². The van der Waals surface area contributed by atoms with Crippen LogP contribution in [0.5, 0.6) is 11.5 Å². The summed E-state index contributed by atoms with van der Waals surface area (Å²) in [4.78, 5) is 12.5. The Morgan fingerprint density at radius 1 is 1.18 bits per heavy atom. The molecule has 4 nitrogen and oxygen atoms in total. The molecular formula is C17H29O4P. The number of carbonyl (C=O) groups excluding carboxylic acids is 1. The van der Waals surface area contributed by atoms with E-state index in [4.69, 9.17) is 9.47 Å². The van der Waals surface area contributed by atoms with E-state index in [1.54, 1.807) is 26.4 Å². The monoisotopic (exact) mass is 328 g/mol. The molecule has 0 radical (unpaired) electrons. The normalized spacial score (nSPS) is 12.8. The molecule has 1 aromatic carbocycles. The van der Waals surface area contributed by atoms with Crippen LogP contribution in [0, 0.1) is 11.3 Å². The topological polar surface area (TPSA) is 67.0 Å². The van der Waals surface area contributed by atoms with Crippen LogP contribution < -0.4 is 9.47 Å². The van der Waals surface area contributed by atoms with Gasteiger partial charge in [-0.25, -0.2) is 0 Å². The fourth-order valence-electron chi connectivity index (χ4n) is 2.55. The summed E-state index contributed by atoms with van der Waals surface area (Å²) in [5, 5.41) is 0. The second kappa shape index (κ2) is 9.12. The Kier molecular flexibility index (Phi) is 8.65. The third kappa shape index (κ3) is 6.33. The predicted molar refractivity (Wildman–Crippen MR) is 93.9 cm³/mol. The number of hydrogen-bond acceptors (Lipinski definition) is 3. The zero-order valence-corrected chi connectivity index (χ0v) is 15.4. The van der Waals surface area contributed by atoms with E-state index in [0.717, 1.165) is 12.6 Å². The molecule has 22 heavy (non-hydrogen) atoms. The predicted octanol–water partition coefficient (Wildman–Crippen LogP) is 3.77. The van der Waals surface area contributed by atoms with Crippen molar-refractivity contribution >= 4 is 14.1 Å². The van der Waals surface area contributed by atoms with Gasteiger partial charge < -0.3 is 14.9 Å². The minimum absolute atomic E-state index is 0. The second-order valence-corrected chi connectivity index (χ2v) is 7.83. The highest BCUT2D eigenvalue weighted by atomic mass is 31.1. The zero-order valence-electron chi connectivity index (χ0n) is 14.4. The standard InChI is InChI=1S/C17H27O3P.H2O/c1-12(10-17(2,3)4)11-21-16(18)15-13(19-5)8-7-9-14(15)20-6;/h7-9,12,21H,10-11H2,1-6H3;1H2. The van der Waals surface area contributed by atoms with Crippen molar-refractivity contribution in [2.24, 2.45) is 11.3 Å². The molecule has 0 aliphatic rings. The Morgan fingerprint density at radius 3 is 2.09 bits per heavy atom. The van der Waals surface area contributed by atoms with Crippen molar-refractivity contribution in [3.63, 3.8) is 0 Å². The lowest BCUT2D eigenvalue weighted by Gasteiger charge is -2.23. The van der Waals surface area contributed by atoms with E-state index in [2.05, 4.69) is 27.7 Å². The third-order valence-corrected chi connectivity index (χ3v) is 4.70. The van der Waals surface area contributed by atoms with Gasteiger partial charge in [0.25, 0.3) is 0 Å². The van der Waals surface area contributed by atoms with Crippen LogP contribution in [-0.2, 0) is 0 Å². The molecule has 0 spiro atoms. The quantitative estimate of drug-likeness (QED) is 0.716. The Balaban J connectivity index is 0.00000441. The molecule has 0 fully saturated rings. The highest BCUT2D eigenvalue weighted by Crippen LogP contribution is 2.36. The van der Waals surface area contributed by atoms with Crippen molar-refractivity contribution < 1.29 is 19.7 Å². The third-order valence-electron chi connectivity index (χ3n) is 3.23. The Labute approximate surface area is 135 Å². The van der Waals surface area contributed by atoms with Gasteiger partial charge in [0.1, 0.15) is 17.1 Å². The Hall–Kier alpha value is -1.12. The van der Waals surface area contributed by atoms with Gasteiger partial charge >= 0.3 is 0 Å². The van der Waals surface area contributed by atoms with Gasteiger partial charge in [-0.1, -0.05) is 33.8 Å².